The maximum absolute atomic E-state index is 5.85. The van der Waals surface area contributed by atoms with Crippen LogP contribution in [0.4, 0.5) is 0 Å². The fourth-order valence-corrected chi connectivity index (χ4v) is 2.15. The van der Waals surface area contributed by atoms with Crippen LogP contribution in [0, 0.1) is 0 Å². The molecule has 78 valence electrons. The van der Waals surface area contributed by atoms with E-state index >= 15 is 0 Å². The Bertz CT molecular complexity index is 411. The third-order valence-corrected chi connectivity index (χ3v) is 3.16. The highest BCUT2D eigenvalue weighted by molar-refractivity contribution is 7.09. The molecule has 0 fully saturated rings. The minimum Gasteiger partial charge on any atom is -0.493 e. The topological polar surface area (TPSA) is 9.23 Å². The number of ether oxygens (including phenoxy) is 1. The van der Waals surface area contributed by atoms with Crippen molar-refractivity contribution in [3.63, 3.8) is 0 Å². The number of hydrogen-bond acceptors (Lipinski definition) is 2. The molecule has 0 radical (unpaired) electrons. The van der Waals surface area contributed by atoms with E-state index in [9.17, 15) is 0 Å². The normalized spacial score (nSPS) is 10.2. The summed E-state index contributed by atoms with van der Waals surface area (Å²) in [7, 11) is 0. The average Bonchev–Trinajstić information content (AvgIpc) is 2.71. The van der Waals surface area contributed by atoms with Crippen molar-refractivity contribution in [3.8, 4) is 5.75 Å². The maximum atomic E-state index is 5.85. The number of rotatable bonds is 4. The summed E-state index contributed by atoms with van der Waals surface area (Å²) in [6, 6.07) is 11.7. The molecule has 1 aromatic heterocycles. The summed E-state index contributed by atoms with van der Waals surface area (Å²) >= 11 is 7.60. The van der Waals surface area contributed by atoms with Crippen molar-refractivity contribution < 1.29 is 4.74 Å². The van der Waals surface area contributed by atoms with Gasteiger partial charge in [-0.2, -0.15) is 0 Å². The lowest BCUT2D eigenvalue weighted by Crippen LogP contribution is -1.99. The van der Waals surface area contributed by atoms with Gasteiger partial charge in [-0.1, -0.05) is 23.7 Å². The van der Waals surface area contributed by atoms with Gasteiger partial charge in [0.1, 0.15) is 5.75 Å². The van der Waals surface area contributed by atoms with Crippen molar-refractivity contribution in [3.05, 3.63) is 51.7 Å². The van der Waals surface area contributed by atoms with E-state index in [0.717, 1.165) is 12.2 Å². The Morgan fingerprint density at radius 3 is 2.87 bits per heavy atom. The fourth-order valence-electron chi connectivity index (χ4n) is 1.28. The molecule has 0 N–H and O–H groups in total. The molecule has 1 heterocycles. The Labute approximate surface area is 98.3 Å². The molecule has 0 aliphatic carbocycles. The largest absolute Gasteiger partial charge is 0.493 e. The van der Waals surface area contributed by atoms with Crippen LogP contribution in [0.2, 0.25) is 5.02 Å². The summed E-state index contributed by atoms with van der Waals surface area (Å²) in [5.74, 6) is 0.832. The maximum Gasteiger partial charge on any atom is 0.120 e. The molecule has 1 aromatic carbocycles. The van der Waals surface area contributed by atoms with Crippen molar-refractivity contribution in [2.45, 2.75) is 6.42 Å². The van der Waals surface area contributed by atoms with Gasteiger partial charge in [0.15, 0.2) is 0 Å². The van der Waals surface area contributed by atoms with Crippen LogP contribution < -0.4 is 4.74 Å². The first-order chi connectivity index (χ1) is 7.34. The smallest absolute Gasteiger partial charge is 0.120 e. The molecule has 0 bridgehead atoms. The van der Waals surface area contributed by atoms with Gasteiger partial charge < -0.3 is 4.74 Å². The van der Waals surface area contributed by atoms with Crippen molar-refractivity contribution in [2.24, 2.45) is 0 Å². The zero-order valence-corrected chi connectivity index (χ0v) is 9.72. The first-order valence-electron chi connectivity index (χ1n) is 4.75. The molecule has 2 aromatic rings. The number of halogens is 1. The molecule has 0 atom stereocenters. The second-order valence-electron chi connectivity index (χ2n) is 3.14. The van der Waals surface area contributed by atoms with E-state index in [1.807, 2.05) is 24.3 Å². The molecule has 0 aliphatic heterocycles. The van der Waals surface area contributed by atoms with Crippen molar-refractivity contribution in [1.29, 1.82) is 0 Å². The van der Waals surface area contributed by atoms with E-state index in [2.05, 4.69) is 17.5 Å². The highest BCUT2D eigenvalue weighted by Crippen LogP contribution is 2.17. The van der Waals surface area contributed by atoms with Crippen LogP contribution >= 0.6 is 22.9 Å². The fraction of sp³-hybridized carbons (Fsp3) is 0.167. The molecule has 0 unspecified atom stereocenters. The first-order valence-corrected chi connectivity index (χ1v) is 6.01. The Morgan fingerprint density at radius 2 is 2.13 bits per heavy atom. The van der Waals surface area contributed by atoms with Gasteiger partial charge >= 0.3 is 0 Å². The molecular weight excluding hydrogens is 228 g/mol. The average molecular weight is 239 g/mol. The SMILES string of the molecule is Clc1cccc(OCCc2cccs2)c1. The molecule has 0 saturated carbocycles. The predicted octanol–water partition coefficient (Wildman–Crippen LogP) is 4.02. The van der Waals surface area contributed by atoms with Crippen LogP contribution in [-0.2, 0) is 6.42 Å². The summed E-state index contributed by atoms with van der Waals surface area (Å²) in [6.07, 6.45) is 0.949. The molecular formula is C12H11ClOS. The Kier molecular flexibility index (Phi) is 3.64. The van der Waals surface area contributed by atoms with Gasteiger partial charge in [-0.15, -0.1) is 11.3 Å². The zero-order valence-electron chi connectivity index (χ0n) is 8.15. The van der Waals surface area contributed by atoms with Crippen molar-refractivity contribution >= 4 is 22.9 Å². The molecule has 1 nitrogen and oxygen atoms in total. The van der Waals surface area contributed by atoms with E-state index in [0.29, 0.717) is 11.6 Å². The quantitative estimate of drug-likeness (QED) is 0.782. The monoisotopic (exact) mass is 238 g/mol. The van der Waals surface area contributed by atoms with Crippen molar-refractivity contribution in [2.75, 3.05) is 6.61 Å². The summed E-state index contributed by atoms with van der Waals surface area (Å²) in [5, 5.41) is 2.79. The van der Waals surface area contributed by atoms with Crippen LogP contribution in [-0.4, -0.2) is 6.61 Å². The molecule has 3 heteroatoms. The molecule has 0 amide bonds. The Morgan fingerprint density at radius 1 is 1.20 bits per heavy atom. The molecule has 15 heavy (non-hydrogen) atoms. The second-order valence-corrected chi connectivity index (χ2v) is 4.60. The zero-order chi connectivity index (χ0) is 10.5. The van der Waals surface area contributed by atoms with Gasteiger partial charge in [0, 0.05) is 16.3 Å². The highest BCUT2D eigenvalue weighted by atomic mass is 35.5. The van der Waals surface area contributed by atoms with Gasteiger partial charge in [-0.25, -0.2) is 0 Å². The van der Waals surface area contributed by atoms with E-state index in [1.54, 1.807) is 11.3 Å². The summed E-state index contributed by atoms with van der Waals surface area (Å²) in [6.45, 7) is 0.695. The van der Waals surface area contributed by atoms with Crippen LogP contribution in [0.3, 0.4) is 0 Å². The van der Waals surface area contributed by atoms with Gasteiger partial charge in [0.05, 0.1) is 6.61 Å². The van der Waals surface area contributed by atoms with E-state index in [1.165, 1.54) is 4.88 Å². The lowest BCUT2D eigenvalue weighted by Gasteiger charge is -2.04. The van der Waals surface area contributed by atoms with Crippen LogP contribution in [0.1, 0.15) is 4.88 Å². The van der Waals surface area contributed by atoms with Crippen molar-refractivity contribution in [1.82, 2.24) is 0 Å². The minimum absolute atomic E-state index is 0.695. The van der Waals surface area contributed by atoms with Crippen LogP contribution in [0.25, 0.3) is 0 Å². The lowest BCUT2D eigenvalue weighted by molar-refractivity contribution is 0.323. The summed E-state index contributed by atoms with van der Waals surface area (Å²) in [5.41, 5.74) is 0. The Balaban J connectivity index is 1.83. The molecule has 2 rings (SSSR count). The van der Waals surface area contributed by atoms with E-state index < -0.39 is 0 Å². The number of hydrogen-bond donors (Lipinski definition) is 0. The van der Waals surface area contributed by atoms with Gasteiger partial charge in [0.2, 0.25) is 0 Å². The van der Waals surface area contributed by atoms with Gasteiger partial charge in [-0.05, 0) is 29.6 Å². The molecule has 0 spiro atoms. The summed E-state index contributed by atoms with van der Waals surface area (Å²) < 4.78 is 5.58. The standard InChI is InChI=1S/C12H11ClOS/c13-10-3-1-4-11(9-10)14-7-6-12-5-2-8-15-12/h1-5,8-9H,6-7H2. The first kappa shape index (κ1) is 10.5. The van der Waals surface area contributed by atoms with Gasteiger partial charge in [-0.3, -0.25) is 0 Å². The third-order valence-electron chi connectivity index (χ3n) is 1.99. The summed E-state index contributed by atoms with van der Waals surface area (Å²) in [4.78, 5) is 1.34. The van der Waals surface area contributed by atoms with Gasteiger partial charge in [0.25, 0.3) is 0 Å². The molecule has 0 aliphatic rings. The van der Waals surface area contributed by atoms with Crippen LogP contribution in [0.15, 0.2) is 41.8 Å². The number of benzene rings is 1. The highest BCUT2D eigenvalue weighted by Gasteiger charge is 1.96. The lowest BCUT2D eigenvalue weighted by atomic mass is 10.3. The predicted molar refractivity (Wildman–Crippen MR) is 65.0 cm³/mol. The molecule has 0 saturated heterocycles. The second kappa shape index (κ2) is 5.19. The van der Waals surface area contributed by atoms with E-state index in [-0.39, 0.29) is 0 Å². The Hall–Kier alpha value is -0.990. The van der Waals surface area contributed by atoms with Crippen LogP contribution in [0.5, 0.6) is 5.75 Å². The minimum atomic E-state index is 0.695. The van der Waals surface area contributed by atoms with E-state index in [4.69, 9.17) is 16.3 Å². The third kappa shape index (κ3) is 3.26. The number of thiophene rings is 1.